The van der Waals surface area contributed by atoms with Crippen LogP contribution in [-0.2, 0) is 20.2 Å². The van der Waals surface area contributed by atoms with Crippen molar-refractivity contribution >= 4 is 20.2 Å². The molecule has 0 amide bonds. The molecule has 0 unspecified atom stereocenters. The van der Waals surface area contributed by atoms with Crippen LogP contribution in [0.1, 0.15) is 6.42 Å². The van der Waals surface area contributed by atoms with Gasteiger partial charge in [-0.3, -0.25) is 20.2 Å². The lowest BCUT2D eigenvalue weighted by atomic mass is 10.3. The van der Waals surface area contributed by atoms with Crippen molar-refractivity contribution in [3.63, 3.8) is 0 Å². The first-order chi connectivity index (χ1) is 14.9. The van der Waals surface area contributed by atoms with Crippen LogP contribution in [0.5, 0.6) is 11.5 Å². The molecule has 0 aliphatic carbocycles. The quantitative estimate of drug-likeness (QED) is 0.288. The van der Waals surface area contributed by atoms with Crippen molar-refractivity contribution in [2.45, 2.75) is 6.42 Å². The Morgan fingerprint density at radius 3 is 1.66 bits per heavy atom. The maximum Gasteiger partial charge on any atom is 0.331 e. The molecular formula is C18H22N2O10S2. The topological polar surface area (TPSA) is 173 Å². The fraction of sp³-hybridized carbons (Fsp3) is 0.222. The highest BCUT2D eigenvalue weighted by atomic mass is 32.2. The number of nitro groups is 2. The zero-order valence-corrected chi connectivity index (χ0v) is 18.6. The second kappa shape index (κ2) is 14.5. The zero-order valence-electron chi connectivity index (χ0n) is 17.0. The molecule has 0 fully saturated rings. The Balaban J connectivity index is 0.000000529. The predicted molar refractivity (Wildman–Crippen MR) is 116 cm³/mol. The standard InChI is InChI=1S/C9H11NO5S.C8H8O3S.CH3NO2/c11-10(12)7-4-8-16(13,14)15-9-5-2-1-3-6-9;1-2-12(9,10)11-8-6-4-3-5-7-8;1-2(3)4/h1-3,5-6H,4,7-8H2;2-7H,1H2;1H3. The van der Waals surface area contributed by atoms with Gasteiger partial charge in [-0.2, -0.15) is 16.8 Å². The molecule has 0 aliphatic heterocycles. The Hall–Kier alpha value is -3.52. The number of para-hydroxylation sites is 2. The number of hydrogen-bond acceptors (Lipinski definition) is 10. The lowest BCUT2D eigenvalue weighted by molar-refractivity contribution is -0.479. The van der Waals surface area contributed by atoms with Crippen molar-refractivity contribution in [3.8, 4) is 11.5 Å². The summed E-state index contributed by atoms with van der Waals surface area (Å²) in [6, 6.07) is 16.3. The molecule has 12 nitrogen and oxygen atoms in total. The molecule has 176 valence electrons. The van der Waals surface area contributed by atoms with Crippen LogP contribution < -0.4 is 8.37 Å². The zero-order chi connectivity index (χ0) is 24.6. The van der Waals surface area contributed by atoms with Gasteiger partial charge in [0.05, 0.1) is 11.2 Å². The third kappa shape index (κ3) is 16.3. The van der Waals surface area contributed by atoms with Gasteiger partial charge in [-0.15, -0.1) is 0 Å². The fourth-order valence-corrected chi connectivity index (χ4v) is 3.10. The molecular weight excluding hydrogens is 468 g/mol. The summed E-state index contributed by atoms with van der Waals surface area (Å²) in [5, 5.41) is 19.6. The SMILES string of the molecule is C=CS(=O)(=O)Oc1ccccc1.C[N+](=O)[O-].O=[N+]([O-])CCCS(=O)(=O)Oc1ccccc1. The van der Waals surface area contributed by atoms with Crippen molar-refractivity contribution in [1.82, 2.24) is 0 Å². The summed E-state index contributed by atoms with van der Waals surface area (Å²) < 4.78 is 53.7. The molecule has 0 radical (unpaired) electrons. The Morgan fingerprint density at radius 2 is 1.28 bits per heavy atom. The molecule has 0 heterocycles. The fourth-order valence-electron chi connectivity index (χ4n) is 1.68. The van der Waals surface area contributed by atoms with Gasteiger partial charge in [0.25, 0.3) is 0 Å². The third-order valence-corrected chi connectivity index (χ3v) is 4.93. The van der Waals surface area contributed by atoms with Crippen LogP contribution in [0.4, 0.5) is 0 Å². The molecule has 2 rings (SSSR count). The van der Waals surface area contributed by atoms with E-state index in [-0.39, 0.29) is 30.2 Å². The summed E-state index contributed by atoms with van der Waals surface area (Å²) in [7, 11) is -6.45. The molecule has 2 aromatic carbocycles. The Bertz CT molecular complexity index is 1050. The van der Waals surface area contributed by atoms with Gasteiger partial charge in [0.2, 0.25) is 6.54 Å². The van der Waals surface area contributed by atoms with E-state index in [0.717, 1.165) is 12.5 Å². The van der Waals surface area contributed by atoms with E-state index < -0.39 is 30.1 Å². The lowest BCUT2D eigenvalue weighted by Crippen LogP contribution is -2.16. The summed E-state index contributed by atoms with van der Waals surface area (Å²) in [6.07, 6.45) is -0.0534. The van der Waals surface area contributed by atoms with Gasteiger partial charge in [0.15, 0.2) is 7.05 Å². The van der Waals surface area contributed by atoms with Gasteiger partial charge < -0.3 is 8.37 Å². The van der Waals surface area contributed by atoms with Crippen molar-refractivity contribution in [2.24, 2.45) is 0 Å². The minimum Gasteiger partial charge on any atom is -0.382 e. The monoisotopic (exact) mass is 490 g/mol. The highest BCUT2D eigenvalue weighted by Gasteiger charge is 2.14. The highest BCUT2D eigenvalue weighted by molar-refractivity contribution is 7.90. The third-order valence-electron chi connectivity index (χ3n) is 2.86. The van der Waals surface area contributed by atoms with Gasteiger partial charge >= 0.3 is 20.2 Å². The molecule has 0 spiro atoms. The second-order valence-corrected chi connectivity index (χ2v) is 8.74. The van der Waals surface area contributed by atoms with Crippen molar-refractivity contribution < 1.29 is 35.0 Å². The number of hydrogen-bond donors (Lipinski definition) is 0. The molecule has 32 heavy (non-hydrogen) atoms. The second-order valence-electron chi connectivity index (χ2n) is 5.56. The van der Waals surface area contributed by atoms with E-state index in [2.05, 4.69) is 10.8 Å². The van der Waals surface area contributed by atoms with Crippen LogP contribution in [0.3, 0.4) is 0 Å². The van der Waals surface area contributed by atoms with E-state index >= 15 is 0 Å². The molecule has 0 N–H and O–H groups in total. The van der Waals surface area contributed by atoms with E-state index in [9.17, 15) is 26.9 Å². The first-order valence-electron chi connectivity index (χ1n) is 8.66. The first kappa shape index (κ1) is 28.5. The summed E-state index contributed by atoms with van der Waals surface area (Å²) in [6.45, 7) is 2.74. The molecule has 0 saturated heterocycles. The molecule has 0 aromatic heterocycles. The van der Waals surface area contributed by atoms with E-state index in [1.807, 2.05) is 0 Å². The summed E-state index contributed by atoms with van der Waals surface area (Å²) in [5.41, 5.74) is 0. The van der Waals surface area contributed by atoms with E-state index in [4.69, 9.17) is 14.3 Å². The van der Waals surface area contributed by atoms with Crippen LogP contribution in [0.25, 0.3) is 0 Å². The minimum atomic E-state index is -3.73. The molecule has 0 atom stereocenters. The average Bonchev–Trinajstić information content (AvgIpc) is 2.68. The van der Waals surface area contributed by atoms with Gasteiger partial charge in [-0.1, -0.05) is 43.0 Å². The number of nitrogens with zero attached hydrogens (tertiary/aromatic N) is 2. The minimum absolute atomic E-state index is 0.0534. The normalized spacial score (nSPS) is 10.3. The Kier molecular flexibility index (Phi) is 12.9. The first-order valence-corrected chi connectivity index (χ1v) is 11.7. The molecule has 2 aromatic rings. The van der Waals surface area contributed by atoms with E-state index in [1.54, 1.807) is 48.5 Å². The molecule has 0 bridgehead atoms. The highest BCUT2D eigenvalue weighted by Crippen LogP contribution is 2.12. The largest absolute Gasteiger partial charge is 0.382 e. The number of rotatable bonds is 9. The average molecular weight is 491 g/mol. The lowest BCUT2D eigenvalue weighted by Gasteiger charge is -2.04. The van der Waals surface area contributed by atoms with Gasteiger partial charge in [0.1, 0.15) is 11.5 Å². The summed E-state index contributed by atoms with van der Waals surface area (Å²) in [5.74, 6) is 0.143. The van der Waals surface area contributed by atoms with Crippen molar-refractivity contribution in [3.05, 3.63) is 92.9 Å². The summed E-state index contributed by atoms with van der Waals surface area (Å²) in [4.78, 5) is 17.8. The molecule has 14 heteroatoms. The van der Waals surface area contributed by atoms with Gasteiger partial charge in [-0.25, -0.2) is 0 Å². The van der Waals surface area contributed by atoms with Crippen LogP contribution in [-0.4, -0.2) is 46.0 Å². The maximum atomic E-state index is 11.3. The van der Waals surface area contributed by atoms with Crippen molar-refractivity contribution in [1.29, 1.82) is 0 Å². The van der Waals surface area contributed by atoms with E-state index in [1.165, 1.54) is 12.1 Å². The predicted octanol–water partition coefficient (Wildman–Crippen LogP) is 2.49. The number of benzene rings is 2. The van der Waals surface area contributed by atoms with E-state index in [0.29, 0.717) is 0 Å². The molecule has 0 aliphatic rings. The van der Waals surface area contributed by atoms with Crippen LogP contribution in [0.15, 0.2) is 72.7 Å². The van der Waals surface area contributed by atoms with Crippen LogP contribution in [0, 0.1) is 20.2 Å². The summed E-state index contributed by atoms with van der Waals surface area (Å²) >= 11 is 0. The molecule has 0 saturated carbocycles. The van der Waals surface area contributed by atoms with Crippen LogP contribution >= 0.6 is 0 Å². The maximum absolute atomic E-state index is 11.3. The van der Waals surface area contributed by atoms with Gasteiger partial charge in [-0.05, 0) is 24.3 Å². The van der Waals surface area contributed by atoms with Crippen molar-refractivity contribution in [2.75, 3.05) is 19.3 Å². The van der Waals surface area contributed by atoms with Crippen LogP contribution in [0.2, 0.25) is 0 Å². The smallest absolute Gasteiger partial charge is 0.331 e. The Labute approximate surface area is 185 Å². The van der Waals surface area contributed by atoms with Gasteiger partial charge in [0, 0.05) is 16.3 Å². The Morgan fingerprint density at radius 1 is 0.875 bits per heavy atom.